The van der Waals surface area contributed by atoms with Crippen LogP contribution in [0.2, 0.25) is 0 Å². The summed E-state index contributed by atoms with van der Waals surface area (Å²) < 4.78 is 15.7. The van der Waals surface area contributed by atoms with Gasteiger partial charge in [0.2, 0.25) is 0 Å². The third-order valence-corrected chi connectivity index (χ3v) is 4.29. The Morgan fingerprint density at radius 1 is 1.21 bits per heavy atom. The lowest BCUT2D eigenvalue weighted by Gasteiger charge is -2.17. The molecular formula is C19H15FN8. The van der Waals surface area contributed by atoms with Crippen LogP contribution in [0.3, 0.4) is 0 Å². The zero-order valence-electron chi connectivity index (χ0n) is 14.8. The Bertz CT molecular complexity index is 1200. The molecule has 0 aliphatic rings. The minimum Gasteiger partial charge on any atom is -0.382 e. The summed E-state index contributed by atoms with van der Waals surface area (Å²) in [6, 6.07) is 9.68. The van der Waals surface area contributed by atoms with Crippen molar-refractivity contribution in [3.63, 3.8) is 0 Å². The van der Waals surface area contributed by atoms with E-state index in [1.54, 1.807) is 18.5 Å². The van der Waals surface area contributed by atoms with Gasteiger partial charge in [0.05, 0.1) is 22.8 Å². The van der Waals surface area contributed by atoms with E-state index >= 15 is 0 Å². The van der Waals surface area contributed by atoms with Crippen molar-refractivity contribution in [3.05, 3.63) is 66.3 Å². The van der Waals surface area contributed by atoms with E-state index in [-0.39, 0.29) is 23.2 Å². The maximum absolute atomic E-state index is 13.9. The van der Waals surface area contributed by atoms with Gasteiger partial charge in [0, 0.05) is 18.5 Å². The fourth-order valence-corrected chi connectivity index (χ4v) is 3.01. The van der Waals surface area contributed by atoms with Crippen LogP contribution in [0.1, 0.15) is 24.4 Å². The van der Waals surface area contributed by atoms with Gasteiger partial charge in [-0.15, -0.1) is 0 Å². The van der Waals surface area contributed by atoms with Crippen molar-refractivity contribution in [2.75, 3.05) is 11.1 Å². The number of nitriles is 1. The smallest absolute Gasteiger partial charge is 0.150 e. The number of aromatic nitrogens is 5. The fraction of sp³-hybridized carbons (Fsp3) is 0.105. The van der Waals surface area contributed by atoms with Crippen LogP contribution in [0, 0.1) is 17.1 Å². The normalized spacial score (nSPS) is 11.9. The molecule has 0 saturated carbocycles. The molecule has 138 valence electrons. The molecule has 1 aromatic carbocycles. The molecule has 0 spiro atoms. The summed E-state index contributed by atoms with van der Waals surface area (Å²) >= 11 is 0. The first kappa shape index (κ1) is 17.4. The highest BCUT2D eigenvalue weighted by Gasteiger charge is 2.20. The number of nitrogens with zero attached hydrogens (tertiary/aromatic N) is 6. The van der Waals surface area contributed by atoms with Crippen LogP contribution >= 0.6 is 0 Å². The van der Waals surface area contributed by atoms with Crippen molar-refractivity contribution in [2.24, 2.45) is 0 Å². The quantitative estimate of drug-likeness (QED) is 0.564. The number of benzene rings is 1. The largest absolute Gasteiger partial charge is 0.382 e. The lowest BCUT2D eigenvalue weighted by atomic mass is 10.2. The van der Waals surface area contributed by atoms with Crippen LogP contribution in [0.5, 0.6) is 0 Å². The first-order valence-electron chi connectivity index (χ1n) is 8.44. The third-order valence-electron chi connectivity index (χ3n) is 4.29. The molecule has 0 radical (unpaired) electrons. The van der Waals surface area contributed by atoms with Crippen LogP contribution in [0.25, 0.3) is 16.7 Å². The van der Waals surface area contributed by atoms with Crippen molar-refractivity contribution >= 4 is 22.7 Å². The molecule has 3 heterocycles. The minimum atomic E-state index is -0.370. The van der Waals surface area contributed by atoms with E-state index in [4.69, 9.17) is 5.73 Å². The number of pyridine rings is 1. The third kappa shape index (κ3) is 2.97. The van der Waals surface area contributed by atoms with E-state index in [0.717, 1.165) is 5.69 Å². The Morgan fingerprint density at radius 3 is 2.75 bits per heavy atom. The second-order valence-electron chi connectivity index (χ2n) is 6.10. The second kappa shape index (κ2) is 6.92. The van der Waals surface area contributed by atoms with E-state index in [1.165, 1.54) is 18.5 Å². The van der Waals surface area contributed by atoms with E-state index in [2.05, 4.69) is 25.3 Å². The second-order valence-corrected chi connectivity index (χ2v) is 6.10. The number of fused-ring (bicyclic) bond motifs is 1. The van der Waals surface area contributed by atoms with Gasteiger partial charge in [-0.3, -0.25) is 9.55 Å². The molecule has 0 aliphatic heterocycles. The summed E-state index contributed by atoms with van der Waals surface area (Å²) in [6.07, 6.45) is 4.59. The number of rotatable bonds is 4. The van der Waals surface area contributed by atoms with Crippen LogP contribution in [0.4, 0.5) is 16.0 Å². The van der Waals surface area contributed by atoms with Gasteiger partial charge in [-0.2, -0.15) is 5.26 Å². The van der Waals surface area contributed by atoms with Crippen molar-refractivity contribution in [3.8, 4) is 11.8 Å². The zero-order chi connectivity index (χ0) is 19.7. The monoisotopic (exact) mass is 374 g/mol. The lowest BCUT2D eigenvalue weighted by Crippen LogP contribution is -2.15. The first-order valence-corrected chi connectivity index (χ1v) is 8.44. The van der Waals surface area contributed by atoms with Crippen LogP contribution in [0.15, 0.2) is 49.1 Å². The van der Waals surface area contributed by atoms with Gasteiger partial charge in [-0.25, -0.2) is 19.3 Å². The molecule has 0 unspecified atom stereocenters. The number of nitrogens with two attached hydrogens (primary N) is 1. The molecule has 4 aromatic rings. The predicted molar refractivity (Wildman–Crippen MR) is 102 cm³/mol. The number of anilines is 2. The molecule has 0 aliphatic carbocycles. The lowest BCUT2D eigenvalue weighted by molar-refractivity contribution is 0.629. The number of halogens is 1. The molecule has 0 amide bonds. The minimum absolute atomic E-state index is 0.0944. The summed E-state index contributed by atoms with van der Waals surface area (Å²) in [4.78, 5) is 16.6. The van der Waals surface area contributed by atoms with E-state index in [0.29, 0.717) is 22.7 Å². The summed E-state index contributed by atoms with van der Waals surface area (Å²) in [5.41, 5.74) is 7.97. The average molecular weight is 374 g/mol. The maximum Gasteiger partial charge on any atom is 0.150 e. The molecule has 3 aromatic heterocycles. The Balaban J connectivity index is 1.85. The van der Waals surface area contributed by atoms with E-state index in [1.807, 2.05) is 29.7 Å². The summed E-state index contributed by atoms with van der Waals surface area (Å²) in [5.74, 6) is 0.664. The fourth-order valence-electron chi connectivity index (χ4n) is 3.01. The number of nitrogens with one attached hydrogen (secondary N) is 1. The van der Waals surface area contributed by atoms with Crippen molar-refractivity contribution < 1.29 is 4.39 Å². The molecule has 0 fully saturated rings. The van der Waals surface area contributed by atoms with Gasteiger partial charge in [-0.1, -0.05) is 0 Å². The SMILES string of the molecule is C[C@@H](Nc1ncnc(N)c1C#N)c1nc2ccc(F)cc2n1-c1ccncc1. The summed E-state index contributed by atoms with van der Waals surface area (Å²) in [7, 11) is 0. The van der Waals surface area contributed by atoms with E-state index < -0.39 is 0 Å². The molecule has 3 N–H and O–H groups in total. The van der Waals surface area contributed by atoms with Gasteiger partial charge >= 0.3 is 0 Å². The van der Waals surface area contributed by atoms with Crippen LogP contribution < -0.4 is 11.1 Å². The van der Waals surface area contributed by atoms with Crippen molar-refractivity contribution in [2.45, 2.75) is 13.0 Å². The summed E-state index contributed by atoms with van der Waals surface area (Å²) in [5, 5.41) is 12.5. The van der Waals surface area contributed by atoms with Crippen molar-refractivity contribution in [1.29, 1.82) is 5.26 Å². The van der Waals surface area contributed by atoms with Gasteiger partial charge in [0.25, 0.3) is 0 Å². The number of nitrogen functional groups attached to an aromatic ring is 1. The van der Waals surface area contributed by atoms with Crippen LogP contribution in [-0.2, 0) is 0 Å². The van der Waals surface area contributed by atoms with Crippen molar-refractivity contribution in [1.82, 2.24) is 24.5 Å². The van der Waals surface area contributed by atoms with E-state index in [9.17, 15) is 9.65 Å². The molecule has 0 bridgehead atoms. The molecule has 4 rings (SSSR count). The van der Waals surface area contributed by atoms with Gasteiger partial charge in [-0.05, 0) is 31.2 Å². The number of hydrogen-bond donors (Lipinski definition) is 2. The predicted octanol–water partition coefficient (Wildman–Crippen LogP) is 2.98. The average Bonchev–Trinajstić information content (AvgIpc) is 3.07. The highest BCUT2D eigenvalue weighted by atomic mass is 19.1. The van der Waals surface area contributed by atoms with Gasteiger partial charge < -0.3 is 11.1 Å². The highest BCUT2D eigenvalue weighted by Crippen LogP contribution is 2.28. The Labute approximate surface area is 159 Å². The topological polar surface area (TPSA) is 118 Å². The van der Waals surface area contributed by atoms with Gasteiger partial charge in [0.15, 0.2) is 0 Å². The first-order chi connectivity index (χ1) is 13.6. The molecule has 0 saturated heterocycles. The summed E-state index contributed by atoms with van der Waals surface area (Å²) in [6.45, 7) is 1.87. The maximum atomic E-state index is 13.9. The molecular weight excluding hydrogens is 359 g/mol. The Hall–Kier alpha value is -4.06. The molecule has 9 heteroatoms. The Kier molecular flexibility index (Phi) is 4.29. The zero-order valence-corrected chi connectivity index (χ0v) is 14.8. The van der Waals surface area contributed by atoms with Gasteiger partial charge in [0.1, 0.15) is 41.2 Å². The molecule has 1 atom stereocenters. The van der Waals surface area contributed by atoms with Crippen LogP contribution in [-0.4, -0.2) is 24.5 Å². The standard InChI is InChI=1S/C19H15FN8/c1-11(26-18-14(9-21)17(22)24-10-25-18)19-27-15-3-2-12(20)8-16(15)28(19)13-4-6-23-7-5-13/h2-8,10-11H,1H3,(H3,22,24,25,26)/t11-/m1/s1. The number of hydrogen-bond acceptors (Lipinski definition) is 7. The Morgan fingerprint density at radius 2 is 2.00 bits per heavy atom. The number of imidazole rings is 1. The molecule has 8 nitrogen and oxygen atoms in total. The highest BCUT2D eigenvalue weighted by molar-refractivity contribution is 5.78. The molecule has 28 heavy (non-hydrogen) atoms.